The highest BCUT2D eigenvalue weighted by Gasteiger charge is 2.00. The largest absolute Gasteiger partial charge is 0.396 e. The van der Waals surface area contributed by atoms with Crippen molar-refractivity contribution < 1.29 is 9.84 Å². The van der Waals surface area contributed by atoms with Crippen LogP contribution in [0, 0.1) is 0 Å². The van der Waals surface area contributed by atoms with E-state index in [4.69, 9.17) is 9.84 Å². The third-order valence-corrected chi connectivity index (χ3v) is 2.34. The molecule has 0 radical (unpaired) electrons. The van der Waals surface area contributed by atoms with Crippen molar-refractivity contribution in [1.29, 1.82) is 0 Å². The summed E-state index contributed by atoms with van der Waals surface area (Å²) >= 11 is 1.70. The van der Waals surface area contributed by atoms with Crippen LogP contribution in [0.3, 0.4) is 0 Å². The summed E-state index contributed by atoms with van der Waals surface area (Å²) < 4.78 is 5.12. The van der Waals surface area contributed by atoms with Crippen molar-refractivity contribution in [2.75, 3.05) is 19.5 Å². The highest BCUT2D eigenvalue weighted by atomic mass is 32.2. The van der Waals surface area contributed by atoms with Crippen LogP contribution in [0.4, 0.5) is 0 Å². The Bertz CT molecular complexity index is 166. The molecule has 0 aromatic heterocycles. The Morgan fingerprint density at radius 2 is 2.38 bits per heavy atom. The minimum atomic E-state index is -0.000735. The monoisotopic (exact) mass is 202 g/mol. The number of rotatable bonds is 7. The Kier molecular flexibility index (Phi) is 8.19. The Balaban J connectivity index is 3.83. The summed E-state index contributed by atoms with van der Waals surface area (Å²) in [5.41, 5.74) is 0. The van der Waals surface area contributed by atoms with Gasteiger partial charge in [0.2, 0.25) is 0 Å². The third-order valence-electron chi connectivity index (χ3n) is 1.54. The first-order valence-corrected chi connectivity index (χ1v) is 5.36. The number of hydrogen-bond donors (Lipinski definition) is 1. The number of aliphatic hydroxyl groups excluding tert-OH is 1. The fourth-order valence-electron chi connectivity index (χ4n) is 0.868. The molecular formula is C10H18O2S. The molecule has 2 nitrogen and oxygen atoms in total. The van der Waals surface area contributed by atoms with E-state index in [2.05, 4.69) is 13.5 Å². The van der Waals surface area contributed by atoms with Gasteiger partial charge < -0.3 is 9.84 Å². The molecule has 0 aliphatic heterocycles. The van der Waals surface area contributed by atoms with E-state index in [0.29, 0.717) is 6.42 Å². The van der Waals surface area contributed by atoms with E-state index in [9.17, 15) is 0 Å². The normalized spacial score (nSPS) is 13.5. The van der Waals surface area contributed by atoms with Gasteiger partial charge in [-0.2, -0.15) is 0 Å². The van der Waals surface area contributed by atoms with E-state index >= 15 is 0 Å². The minimum absolute atomic E-state index is 0.000735. The molecule has 13 heavy (non-hydrogen) atoms. The van der Waals surface area contributed by atoms with E-state index in [1.54, 1.807) is 18.9 Å². The maximum atomic E-state index is 8.69. The van der Waals surface area contributed by atoms with Gasteiger partial charge in [0.15, 0.2) is 0 Å². The zero-order valence-electron chi connectivity index (χ0n) is 8.32. The van der Waals surface area contributed by atoms with Crippen LogP contribution in [-0.4, -0.2) is 30.7 Å². The number of hydrogen-bond acceptors (Lipinski definition) is 3. The van der Waals surface area contributed by atoms with Crippen molar-refractivity contribution in [2.45, 2.75) is 19.4 Å². The molecule has 0 amide bonds. The first kappa shape index (κ1) is 12.8. The second-order valence-corrected chi connectivity index (χ2v) is 3.94. The summed E-state index contributed by atoms with van der Waals surface area (Å²) in [5.74, 6) is 1.03. The molecule has 0 aromatic carbocycles. The first-order valence-electron chi connectivity index (χ1n) is 4.38. The summed E-state index contributed by atoms with van der Waals surface area (Å²) in [5, 5.41) is 8.69. The lowest BCUT2D eigenvalue weighted by molar-refractivity contribution is 0.112. The second kappa shape index (κ2) is 8.35. The van der Waals surface area contributed by atoms with Gasteiger partial charge in [0.25, 0.3) is 0 Å². The zero-order chi connectivity index (χ0) is 10.1. The lowest BCUT2D eigenvalue weighted by Gasteiger charge is -2.08. The van der Waals surface area contributed by atoms with E-state index < -0.39 is 0 Å². The van der Waals surface area contributed by atoms with E-state index in [1.165, 1.54) is 0 Å². The molecule has 1 unspecified atom stereocenters. The quantitative estimate of drug-likeness (QED) is 0.642. The fraction of sp³-hybridized carbons (Fsp3) is 0.600. The molecule has 0 aliphatic rings. The molecule has 76 valence electrons. The first-order chi connectivity index (χ1) is 6.24. The molecule has 1 atom stereocenters. The van der Waals surface area contributed by atoms with Gasteiger partial charge in [0.05, 0.1) is 6.10 Å². The number of allylic oxidation sites excluding steroid dienone is 1. The van der Waals surface area contributed by atoms with Gasteiger partial charge in [-0.25, -0.2) is 0 Å². The average Bonchev–Trinajstić information content (AvgIpc) is 2.12. The van der Waals surface area contributed by atoms with Crippen LogP contribution in [0.2, 0.25) is 0 Å². The molecule has 3 heteroatoms. The molecule has 0 spiro atoms. The van der Waals surface area contributed by atoms with Gasteiger partial charge >= 0.3 is 0 Å². The van der Waals surface area contributed by atoms with Crippen LogP contribution in [0.25, 0.3) is 0 Å². The van der Waals surface area contributed by atoms with Crippen molar-refractivity contribution in [3.05, 3.63) is 23.6 Å². The van der Waals surface area contributed by atoms with Gasteiger partial charge in [-0.1, -0.05) is 25.7 Å². The molecule has 1 N–H and O–H groups in total. The van der Waals surface area contributed by atoms with Crippen LogP contribution in [-0.2, 0) is 4.74 Å². The SMILES string of the molecule is C=C(/C=C\C(CCO)OC)SCC. The van der Waals surface area contributed by atoms with Gasteiger partial charge in [0.1, 0.15) is 0 Å². The highest BCUT2D eigenvalue weighted by molar-refractivity contribution is 8.03. The van der Waals surface area contributed by atoms with Crippen molar-refractivity contribution in [3.8, 4) is 0 Å². The fourth-order valence-corrected chi connectivity index (χ4v) is 1.41. The predicted octanol–water partition coefficient (Wildman–Crippen LogP) is 2.21. The average molecular weight is 202 g/mol. The van der Waals surface area contributed by atoms with Crippen molar-refractivity contribution in [1.82, 2.24) is 0 Å². The van der Waals surface area contributed by atoms with Crippen molar-refractivity contribution in [2.24, 2.45) is 0 Å². The molecule has 0 heterocycles. The number of aliphatic hydroxyl groups is 1. The standard InChI is InChI=1S/C10H18O2S/c1-4-13-9(2)5-6-10(12-3)7-8-11/h5-6,10-11H,2,4,7-8H2,1,3H3/b6-5-. The Morgan fingerprint density at radius 1 is 1.69 bits per heavy atom. The number of thioether (sulfide) groups is 1. The Hall–Kier alpha value is -0.250. The smallest absolute Gasteiger partial charge is 0.0777 e. The lowest BCUT2D eigenvalue weighted by Crippen LogP contribution is -2.08. The molecule has 0 aliphatic carbocycles. The van der Waals surface area contributed by atoms with Crippen LogP contribution in [0.15, 0.2) is 23.6 Å². The van der Waals surface area contributed by atoms with E-state index in [0.717, 1.165) is 10.7 Å². The Morgan fingerprint density at radius 3 is 2.85 bits per heavy atom. The molecule has 0 fully saturated rings. The van der Waals surface area contributed by atoms with Gasteiger partial charge in [-0.3, -0.25) is 0 Å². The molecule has 0 saturated carbocycles. The van der Waals surface area contributed by atoms with Crippen LogP contribution in [0.1, 0.15) is 13.3 Å². The van der Waals surface area contributed by atoms with Crippen molar-refractivity contribution in [3.63, 3.8) is 0 Å². The Labute approximate surface area is 84.7 Å². The maximum absolute atomic E-state index is 8.69. The number of ether oxygens (including phenoxy) is 1. The number of methoxy groups -OCH3 is 1. The topological polar surface area (TPSA) is 29.5 Å². The maximum Gasteiger partial charge on any atom is 0.0777 e. The summed E-state index contributed by atoms with van der Waals surface area (Å²) in [7, 11) is 1.64. The molecular weight excluding hydrogens is 184 g/mol. The minimum Gasteiger partial charge on any atom is -0.396 e. The second-order valence-electron chi connectivity index (χ2n) is 2.54. The molecule has 0 saturated heterocycles. The van der Waals surface area contributed by atoms with Gasteiger partial charge in [-0.05, 0) is 10.7 Å². The highest BCUT2D eigenvalue weighted by Crippen LogP contribution is 2.14. The van der Waals surface area contributed by atoms with Crippen LogP contribution < -0.4 is 0 Å². The molecule has 0 bridgehead atoms. The summed E-state index contributed by atoms with van der Waals surface area (Å²) in [6.45, 7) is 6.11. The molecule has 0 aromatic rings. The van der Waals surface area contributed by atoms with Gasteiger partial charge in [-0.15, -0.1) is 11.8 Å². The lowest BCUT2D eigenvalue weighted by atomic mass is 10.2. The van der Waals surface area contributed by atoms with Gasteiger partial charge in [0, 0.05) is 20.1 Å². The summed E-state index contributed by atoms with van der Waals surface area (Å²) in [6.07, 6.45) is 4.51. The van der Waals surface area contributed by atoms with Crippen LogP contribution >= 0.6 is 11.8 Å². The summed E-state index contributed by atoms with van der Waals surface area (Å²) in [6, 6.07) is 0. The summed E-state index contributed by atoms with van der Waals surface area (Å²) in [4.78, 5) is 1.03. The van der Waals surface area contributed by atoms with Crippen LogP contribution in [0.5, 0.6) is 0 Å². The predicted molar refractivity (Wildman–Crippen MR) is 58.9 cm³/mol. The van der Waals surface area contributed by atoms with E-state index in [-0.39, 0.29) is 12.7 Å². The van der Waals surface area contributed by atoms with E-state index in [1.807, 2.05) is 12.2 Å². The zero-order valence-corrected chi connectivity index (χ0v) is 9.14. The molecule has 0 rings (SSSR count). The third kappa shape index (κ3) is 6.87. The van der Waals surface area contributed by atoms with Crippen molar-refractivity contribution >= 4 is 11.8 Å².